The molecule has 28 heavy (non-hydrogen) atoms. The van der Waals surface area contributed by atoms with Crippen LogP contribution in [0.25, 0.3) is 0 Å². The van der Waals surface area contributed by atoms with Gasteiger partial charge in [0.15, 0.2) is 0 Å². The normalized spacial score (nSPS) is 19.9. The van der Waals surface area contributed by atoms with Crippen molar-refractivity contribution >= 4 is 34.5 Å². The zero-order chi connectivity index (χ0) is 20.4. The molecule has 0 amide bonds. The average molecular weight is 490 g/mol. The quantitative estimate of drug-likeness (QED) is 0.339. The summed E-state index contributed by atoms with van der Waals surface area (Å²) in [6.07, 6.45) is 1.90. The topological polar surface area (TPSA) is 52.6 Å². The molecule has 4 nitrogen and oxygen atoms in total. The van der Waals surface area contributed by atoms with Crippen LogP contribution in [0, 0.1) is 3.57 Å². The van der Waals surface area contributed by atoms with Crippen LogP contribution in [0.15, 0.2) is 66.2 Å². The van der Waals surface area contributed by atoms with Crippen LogP contribution in [0.3, 0.4) is 0 Å². The van der Waals surface area contributed by atoms with Crippen LogP contribution in [-0.2, 0) is 31.1 Å². The van der Waals surface area contributed by atoms with Crippen LogP contribution in [0.4, 0.5) is 0 Å². The third-order valence-corrected chi connectivity index (χ3v) is 5.20. The van der Waals surface area contributed by atoms with Crippen molar-refractivity contribution < 1.29 is 19.1 Å². The predicted octanol–water partition coefficient (Wildman–Crippen LogP) is 4.94. The molecule has 0 bridgehead atoms. The SMILES string of the molecule is CC(C)(C)OC(=O)[C@]1(c2ccc(I)cc2)C/C1=C\C(=O)OCc1ccccc1. The first-order chi connectivity index (χ1) is 13.2. The summed E-state index contributed by atoms with van der Waals surface area (Å²) in [6.45, 7) is 5.72. The van der Waals surface area contributed by atoms with Crippen molar-refractivity contribution in [2.75, 3.05) is 0 Å². The van der Waals surface area contributed by atoms with E-state index >= 15 is 0 Å². The molecular formula is C23H23IO4. The van der Waals surface area contributed by atoms with Crippen molar-refractivity contribution in [3.8, 4) is 0 Å². The number of rotatable bonds is 5. The van der Waals surface area contributed by atoms with Crippen molar-refractivity contribution in [1.82, 2.24) is 0 Å². The molecule has 0 aromatic heterocycles. The number of halogens is 1. The minimum absolute atomic E-state index is 0.201. The molecule has 0 heterocycles. The van der Waals surface area contributed by atoms with Crippen molar-refractivity contribution in [2.24, 2.45) is 0 Å². The van der Waals surface area contributed by atoms with Crippen molar-refractivity contribution in [2.45, 2.75) is 44.8 Å². The fourth-order valence-corrected chi connectivity index (χ4v) is 3.40. The van der Waals surface area contributed by atoms with Gasteiger partial charge in [-0.25, -0.2) is 4.79 Å². The Balaban J connectivity index is 1.80. The van der Waals surface area contributed by atoms with Gasteiger partial charge < -0.3 is 9.47 Å². The molecule has 0 N–H and O–H groups in total. The number of carbonyl (C=O) groups is 2. The Kier molecular flexibility index (Phi) is 5.93. The first kappa shape index (κ1) is 20.6. The maximum absolute atomic E-state index is 13.0. The summed E-state index contributed by atoms with van der Waals surface area (Å²) in [4.78, 5) is 25.3. The van der Waals surface area contributed by atoms with Gasteiger partial charge >= 0.3 is 11.9 Å². The van der Waals surface area contributed by atoms with Gasteiger partial charge in [-0.2, -0.15) is 0 Å². The van der Waals surface area contributed by atoms with Gasteiger partial charge in [0, 0.05) is 9.65 Å². The van der Waals surface area contributed by atoms with Crippen molar-refractivity contribution in [3.63, 3.8) is 0 Å². The van der Waals surface area contributed by atoms with Crippen LogP contribution in [0.5, 0.6) is 0 Å². The highest BCUT2D eigenvalue weighted by Crippen LogP contribution is 2.55. The van der Waals surface area contributed by atoms with Crippen LogP contribution in [0.1, 0.15) is 38.3 Å². The van der Waals surface area contributed by atoms with E-state index in [0.717, 1.165) is 20.3 Å². The zero-order valence-electron chi connectivity index (χ0n) is 16.2. The summed E-state index contributed by atoms with van der Waals surface area (Å²) in [7, 11) is 0. The highest BCUT2D eigenvalue weighted by molar-refractivity contribution is 14.1. The molecular weight excluding hydrogens is 467 g/mol. The molecule has 1 aliphatic carbocycles. The lowest BCUT2D eigenvalue weighted by Crippen LogP contribution is -2.32. The Hall–Kier alpha value is -2.15. The first-order valence-corrected chi connectivity index (χ1v) is 10.2. The van der Waals surface area contributed by atoms with E-state index < -0.39 is 17.0 Å². The summed E-state index contributed by atoms with van der Waals surface area (Å²) in [5.74, 6) is -0.780. The molecule has 2 aromatic rings. The molecule has 2 aromatic carbocycles. The third kappa shape index (κ3) is 4.82. The predicted molar refractivity (Wildman–Crippen MR) is 116 cm³/mol. The summed E-state index contributed by atoms with van der Waals surface area (Å²) < 4.78 is 12.1. The highest BCUT2D eigenvalue weighted by Gasteiger charge is 2.59. The summed E-state index contributed by atoms with van der Waals surface area (Å²) in [5, 5.41) is 0. The van der Waals surface area contributed by atoms with Gasteiger partial charge in [-0.3, -0.25) is 4.79 Å². The number of benzene rings is 2. The molecule has 1 fully saturated rings. The monoisotopic (exact) mass is 490 g/mol. The van der Waals surface area contributed by atoms with E-state index in [0.29, 0.717) is 6.42 Å². The Bertz CT molecular complexity index is 894. The lowest BCUT2D eigenvalue weighted by atomic mass is 9.94. The van der Waals surface area contributed by atoms with Gasteiger partial charge in [-0.1, -0.05) is 42.5 Å². The molecule has 0 saturated heterocycles. The summed E-state index contributed by atoms with van der Waals surface area (Å²) >= 11 is 2.22. The minimum atomic E-state index is -0.899. The van der Waals surface area contributed by atoms with Gasteiger partial charge in [0.2, 0.25) is 0 Å². The van der Waals surface area contributed by atoms with E-state index in [4.69, 9.17) is 9.47 Å². The molecule has 1 aliphatic rings. The second kappa shape index (κ2) is 8.07. The van der Waals surface area contributed by atoms with E-state index in [2.05, 4.69) is 22.6 Å². The van der Waals surface area contributed by atoms with Gasteiger partial charge in [-0.15, -0.1) is 0 Å². The number of carbonyl (C=O) groups excluding carboxylic acids is 2. The smallest absolute Gasteiger partial charge is 0.331 e. The Morgan fingerprint density at radius 3 is 2.32 bits per heavy atom. The zero-order valence-corrected chi connectivity index (χ0v) is 18.4. The number of esters is 2. The van der Waals surface area contributed by atoms with Crippen LogP contribution in [-0.4, -0.2) is 17.5 Å². The standard InChI is InChI=1S/C23H23IO4/c1-22(2,3)28-21(26)23(17-9-11-19(24)12-10-17)14-18(23)13-20(25)27-15-16-7-5-4-6-8-16/h4-13H,14-15H2,1-3H3/b18-13+/t23-/m0/s1. The highest BCUT2D eigenvalue weighted by atomic mass is 127. The summed E-state index contributed by atoms with van der Waals surface area (Å²) in [5.41, 5.74) is 0.976. The molecule has 5 heteroatoms. The van der Waals surface area contributed by atoms with Gasteiger partial charge in [0.1, 0.15) is 17.6 Å². The molecule has 0 spiro atoms. The molecule has 0 unspecified atom stereocenters. The fraction of sp³-hybridized carbons (Fsp3) is 0.304. The molecule has 3 rings (SSSR count). The Morgan fingerprint density at radius 2 is 1.71 bits per heavy atom. The molecule has 146 valence electrons. The van der Waals surface area contributed by atoms with Gasteiger partial charge in [0.05, 0.1) is 0 Å². The number of ether oxygens (including phenoxy) is 2. The van der Waals surface area contributed by atoms with E-state index in [1.807, 2.05) is 75.4 Å². The summed E-state index contributed by atoms with van der Waals surface area (Å²) in [6, 6.07) is 17.2. The van der Waals surface area contributed by atoms with E-state index in [1.165, 1.54) is 6.08 Å². The molecule has 0 aliphatic heterocycles. The maximum atomic E-state index is 13.0. The van der Waals surface area contributed by atoms with Gasteiger partial charge in [0.25, 0.3) is 0 Å². The van der Waals surface area contributed by atoms with E-state index in [9.17, 15) is 9.59 Å². The number of hydrogen-bond acceptors (Lipinski definition) is 4. The van der Waals surface area contributed by atoms with Gasteiger partial charge in [-0.05, 0) is 78.6 Å². The Morgan fingerprint density at radius 1 is 1.07 bits per heavy atom. The second-order valence-corrected chi connectivity index (χ2v) is 9.10. The Labute approximate surface area is 179 Å². The second-order valence-electron chi connectivity index (χ2n) is 7.85. The lowest BCUT2D eigenvalue weighted by molar-refractivity contribution is -0.157. The first-order valence-electron chi connectivity index (χ1n) is 9.12. The van der Waals surface area contributed by atoms with Crippen molar-refractivity contribution in [1.29, 1.82) is 0 Å². The van der Waals surface area contributed by atoms with E-state index in [1.54, 1.807) is 0 Å². The fourth-order valence-electron chi connectivity index (χ4n) is 3.04. The van der Waals surface area contributed by atoms with Crippen LogP contribution < -0.4 is 0 Å². The van der Waals surface area contributed by atoms with Crippen LogP contribution >= 0.6 is 22.6 Å². The van der Waals surface area contributed by atoms with Crippen molar-refractivity contribution in [3.05, 3.63) is 80.9 Å². The third-order valence-electron chi connectivity index (χ3n) is 4.48. The van der Waals surface area contributed by atoms with E-state index in [-0.39, 0.29) is 12.6 Å². The maximum Gasteiger partial charge on any atom is 0.331 e. The lowest BCUT2D eigenvalue weighted by Gasteiger charge is -2.24. The number of hydrogen-bond donors (Lipinski definition) is 0. The molecule has 1 saturated carbocycles. The van der Waals surface area contributed by atoms with Crippen LogP contribution in [0.2, 0.25) is 0 Å². The minimum Gasteiger partial charge on any atom is -0.459 e. The average Bonchev–Trinajstić information content (AvgIpc) is 3.35. The molecule has 0 radical (unpaired) electrons. The molecule has 1 atom stereocenters. The largest absolute Gasteiger partial charge is 0.459 e.